The van der Waals surface area contributed by atoms with E-state index in [1.807, 2.05) is 24.1 Å². The van der Waals surface area contributed by atoms with E-state index in [9.17, 15) is 4.79 Å². The number of rotatable bonds is 7. The molecule has 0 saturated carbocycles. The first-order valence-corrected chi connectivity index (χ1v) is 9.04. The van der Waals surface area contributed by atoms with Gasteiger partial charge in [0.1, 0.15) is 17.4 Å². The maximum Gasteiger partial charge on any atom is 0.287 e. The van der Waals surface area contributed by atoms with Gasteiger partial charge in [-0.05, 0) is 35.9 Å². The smallest absolute Gasteiger partial charge is 0.287 e. The fraction of sp³-hybridized carbons (Fsp3) is 0.211. The summed E-state index contributed by atoms with van der Waals surface area (Å²) in [6.45, 7) is 1.14. The van der Waals surface area contributed by atoms with Crippen LogP contribution in [-0.4, -0.2) is 28.4 Å². The third-order valence-electron chi connectivity index (χ3n) is 3.91. The summed E-state index contributed by atoms with van der Waals surface area (Å²) in [6, 6.07) is 10.8. The molecule has 1 aromatic carbocycles. The van der Waals surface area contributed by atoms with Gasteiger partial charge in [-0.3, -0.25) is 9.78 Å². The Bertz CT molecular complexity index is 946. The number of nitrogens with zero attached hydrogens (tertiary/aromatic N) is 4. The summed E-state index contributed by atoms with van der Waals surface area (Å²) in [5.74, 6) is 0.673. The van der Waals surface area contributed by atoms with E-state index in [-0.39, 0.29) is 23.7 Å². The van der Waals surface area contributed by atoms with E-state index in [4.69, 9.17) is 27.9 Å². The van der Waals surface area contributed by atoms with Crippen molar-refractivity contribution in [2.45, 2.75) is 13.1 Å². The zero-order valence-electron chi connectivity index (χ0n) is 14.7. The van der Waals surface area contributed by atoms with Crippen molar-refractivity contribution < 1.29 is 4.74 Å². The minimum absolute atomic E-state index is 0.128. The number of halogens is 2. The number of pyridine rings is 1. The normalized spacial score (nSPS) is 10.6. The average molecular weight is 405 g/mol. The molecular weight excluding hydrogens is 387 g/mol. The van der Waals surface area contributed by atoms with Crippen LogP contribution in [0, 0.1) is 0 Å². The first kappa shape index (κ1) is 19.2. The Kier molecular flexibility index (Phi) is 6.32. The average Bonchev–Trinajstić information content (AvgIpc) is 2.67. The molecule has 8 heteroatoms. The molecule has 0 radical (unpaired) electrons. The lowest BCUT2D eigenvalue weighted by Gasteiger charge is -2.20. The van der Waals surface area contributed by atoms with E-state index >= 15 is 0 Å². The maximum atomic E-state index is 12.5. The quantitative estimate of drug-likeness (QED) is 0.601. The summed E-state index contributed by atoms with van der Waals surface area (Å²) in [4.78, 5) is 18.4. The van der Waals surface area contributed by atoms with E-state index in [1.165, 1.54) is 4.68 Å². The summed E-state index contributed by atoms with van der Waals surface area (Å²) in [6.07, 6.45) is 5.07. The Morgan fingerprint density at radius 2 is 1.93 bits per heavy atom. The molecule has 0 aliphatic carbocycles. The molecule has 0 bridgehead atoms. The summed E-state index contributed by atoms with van der Waals surface area (Å²) in [7, 11) is 1.85. The zero-order chi connectivity index (χ0) is 19.2. The van der Waals surface area contributed by atoms with Gasteiger partial charge in [-0.25, -0.2) is 4.68 Å². The van der Waals surface area contributed by atoms with E-state index in [0.717, 1.165) is 5.56 Å². The molecular formula is C19H18Cl2N4O2. The third kappa shape index (κ3) is 4.99. The number of anilines is 1. The van der Waals surface area contributed by atoms with Crippen LogP contribution in [0.3, 0.4) is 0 Å². The minimum Gasteiger partial charge on any atom is -0.492 e. The molecule has 6 nitrogen and oxygen atoms in total. The molecule has 0 unspecified atom stereocenters. The molecule has 0 saturated heterocycles. The van der Waals surface area contributed by atoms with Gasteiger partial charge < -0.3 is 9.64 Å². The first-order chi connectivity index (χ1) is 13.0. The predicted molar refractivity (Wildman–Crippen MR) is 107 cm³/mol. The second kappa shape index (κ2) is 8.88. The minimum atomic E-state index is -0.355. The number of hydrogen-bond donors (Lipinski definition) is 0. The molecule has 3 rings (SSSR count). The van der Waals surface area contributed by atoms with Crippen LogP contribution in [0.4, 0.5) is 5.69 Å². The molecule has 0 aliphatic rings. The molecule has 0 N–H and O–H groups in total. The van der Waals surface area contributed by atoms with Gasteiger partial charge in [0.25, 0.3) is 5.56 Å². The van der Waals surface area contributed by atoms with Crippen molar-refractivity contribution in [1.29, 1.82) is 0 Å². The first-order valence-electron chi connectivity index (χ1n) is 8.28. The van der Waals surface area contributed by atoms with Gasteiger partial charge in [0, 0.05) is 31.0 Å². The van der Waals surface area contributed by atoms with Gasteiger partial charge in [0.15, 0.2) is 0 Å². The number of aromatic nitrogens is 3. The highest BCUT2D eigenvalue weighted by Gasteiger charge is 2.13. The van der Waals surface area contributed by atoms with Gasteiger partial charge in [0.2, 0.25) is 0 Å². The van der Waals surface area contributed by atoms with Gasteiger partial charge in [-0.1, -0.05) is 29.3 Å². The van der Waals surface area contributed by atoms with Crippen molar-refractivity contribution >= 4 is 28.9 Å². The van der Waals surface area contributed by atoms with Crippen molar-refractivity contribution in [3.05, 3.63) is 81.0 Å². The maximum absolute atomic E-state index is 12.5. The molecule has 0 amide bonds. The summed E-state index contributed by atoms with van der Waals surface area (Å²) < 4.78 is 6.89. The molecule has 0 atom stereocenters. The van der Waals surface area contributed by atoms with Gasteiger partial charge >= 0.3 is 0 Å². The van der Waals surface area contributed by atoms with Crippen LogP contribution in [0.15, 0.2) is 59.8 Å². The van der Waals surface area contributed by atoms with Crippen LogP contribution in [0.25, 0.3) is 0 Å². The van der Waals surface area contributed by atoms with Crippen molar-refractivity contribution in [2.75, 3.05) is 18.6 Å². The Morgan fingerprint density at radius 1 is 1.15 bits per heavy atom. The van der Waals surface area contributed by atoms with E-state index in [2.05, 4.69) is 10.1 Å². The monoisotopic (exact) mass is 404 g/mol. The lowest BCUT2D eigenvalue weighted by atomic mass is 10.2. The van der Waals surface area contributed by atoms with E-state index < -0.39 is 0 Å². The lowest BCUT2D eigenvalue weighted by molar-refractivity contribution is 0.288. The summed E-state index contributed by atoms with van der Waals surface area (Å²) >= 11 is 12.1. The molecule has 0 spiro atoms. The van der Waals surface area contributed by atoms with Crippen LogP contribution < -0.4 is 15.2 Å². The van der Waals surface area contributed by atoms with Gasteiger partial charge in [-0.15, -0.1) is 0 Å². The van der Waals surface area contributed by atoms with Crippen LogP contribution in [0.1, 0.15) is 5.56 Å². The summed E-state index contributed by atoms with van der Waals surface area (Å²) in [5.41, 5.74) is 1.23. The van der Waals surface area contributed by atoms with Crippen LogP contribution in [-0.2, 0) is 13.1 Å². The second-order valence-corrected chi connectivity index (χ2v) is 6.71. The van der Waals surface area contributed by atoms with Crippen LogP contribution >= 0.6 is 23.2 Å². The van der Waals surface area contributed by atoms with E-state index in [1.54, 1.807) is 42.9 Å². The van der Waals surface area contributed by atoms with Crippen molar-refractivity contribution in [2.24, 2.45) is 0 Å². The Hall–Kier alpha value is -2.57. The van der Waals surface area contributed by atoms with Crippen LogP contribution in [0.2, 0.25) is 10.0 Å². The molecule has 0 aliphatic heterocycles. The van der Waals surface area contributed by atoms with Crippen molar-refractivity contribution in [3.8, 4) is 5.75 Å². The molecule has 0 fully saturated rings. The van der Waals surface area contributed by atoms with Crippen molar-refractivity contribution in [3.63, 3.8) is 0 Å². The number of ether oxygens (including phenoxy) is 1. The molecule has 140 valence electrons. The molecule has 2 heterocycles. The Morgan fingerprint density at radius 3 is 2.63 bits per heavy atom. The number of hydrogen-bond acceptors (Lipinski definition) is 5. The predicted octanol–water partition coefficient (Wildman–Crippen LogP) is 3.66. The van der Waals surface area contributed by atoms with E-state index in [0.29, 0.717) is 23.0 Å². The fourth-order valence-electron chi connectivity index (χ4n) is 2.51. The molecule has 2 aromatic heterocycles. The highest BCUT2D eigenvalue weighted by atomic mass is 35.5. The molecule has 27 heavy (non-hydrogen) atoms. The Balaban J connectivity index is 1.65. The SMILES string of the molecule is CN(Cc1cccnc1)c1cnn(CCOc2ccc(Cl)cc2)c(=O)c1Cl. The standard InChI is InChI=1S/C19H18Cl2N4O2/c1-24(13-14-3-2-8-22-11-14)17-12-23-25(19(26)18(17)21)9-10-27-16-6-4-15(20)5-7-16/h2-8,11-12H,9-10,13H2,1H3. The highest BCUT2D eigenvalue weighted by Crippen LogP contribution is 2.21. The van der Waals surface area contributed by atoms with Crippen LogP contribution in [0.5, 0.6) is 5.75 Å². The topological polar surface area (TPSA) is 60.3 Å². The number of benzene rings is 1. The second-order valence-electron chi connectivity index (χ2n) is 5.89. The van der Waals surface area contributed by atoms with Crippen molar-refractivity contribution in [1.82, 2.24) is 14.8 Å². The third-order valence-corrected chi connectivity index (χ3v) is 4.51. The van der Waals surface area contributed by atoms with Gasteiger partial charge in [-0.2, -0.15) is 5.10 Å². The van der Waals surface area contributed by atoms with Gasteiger partial charge in [0.05, 0.1) is 18.4 Å². The fourth-order valence-corrected chi connectivity index (χ4v) is 2.93. The molecule has 3 aromatic rings. The Labute approximate surface area is 166 Å². The zero-order valence-corrected chi connectivity index (χ0v) is 16.2. The lowest BCUT2D eigenvalue weighted by Crippen LogP contribution is -2.29. The largest absolute Gasteiger partial charge is 0.492 e. The summed E-state index contributed by atoms with van der Waals surface area (Å²) in [5, 5.41) is 4.97. The highest BCUT2D eigenvalue weighted by molar-refractivity contribution is 6.33.